The fourth-order valence-corrected chi connectivity index (χ4v) is 7.41. The maximum Gasteiger partial charge on any atom is 0.315 e. The number of imidazole rings is 1. The molecular formula is C39H45N9O8. The van der Waals surface area contributed by atoms with Crippen LogP contribution in [0.3, 0.4) is 0 Å². The van der Waals surface area contributed by atoms with Gasteiger partial charge in [-0.05, 0) is 65.9 Å². The summed E-state index contributed by atoms with van der Waals surface area (Å²) in [6, 6.07) is 18.3. The second kappa shape index (κ2) is 16.7. The van der Waals surface area contributed by atoms with Crippen LogP contribution in [-0.2, 0) is 11.3 Å². The van der Waals surface area contributed by atoms with Crippen molar-refractivity contribution in [1.82, 2.24) is 35.5 Å². The van der Waals surface area contributed by atoms with Crippen molar-refractivity contribution in [3.05, 3.63) is 95.8 Å². The number of hydrogen-bond donors (Lipinski definition) is 10. The lowest BCUT2D eigenvalue weighted by molar-refractivity contribution is -0.123. The molecule has 5 atom stereocenters. The Kier molecular flexibility index (Phi) is 11.4. The first-order valence-electron chi connectivity index (χ1n) is 18.5. The van der Waals surface area contributed by atoms with Crippen molar-refractivity contribution in [2.75, 3.05) is 36.5 Å². The highest BCUT2D eigenvalue weighted by Crippen LogP contribution is 2.36. The molecular weight excluding hydrogens is 722 g/mol. The first-order chi connectivity index (χ1) is 27.1. The number of nitrogens with zero attached hydrogens (tertiary/aromatic N) is 5. The van der Waals surface area contributed by atoms with Gasteiger partial charge in [0, 0.05) is 44.6 Å². The molecule has 7 rings (SSSR count). The molecule has 1 saturated carbocycles. The third-order valence-corrected chi connectivity index (χ3v) is 10.3. The fraction of sp³-hybridized carbons (Fsp3) is 0.359. The summed E-state index contributed by atoms with van der Waals surface area (Å²) in [6.07, 6.45) is -0.382. The van der Waals surface area contributed by atoms with Crippen LogP contribution in [-0.4, -0.2) is 113 Å². The van der Waals surface area contributed by atoms with Gasteiger partial charge in [-0.3, -0.25) is 4.79 Å². The standard InChI is InChI=1S/C39H45N9O8/c49-15-13-32(53)44-30-17-31(35(55)34(30)54)48-21-42-33-36(40-19-29(23-4-8-26(50)9-5-23)24-6-10-27(51)11-7-24)45-38(46-37(33)48)47-14-12-25(20-47)43-39(56)41-18-22-2-1-3-28(52)16-22/h1-11,16,21,25,29-31,34-35,49-52,54-55H,12-15,17-20H2,(H,44,53)(H,40,45,46)(H2,41,43,56)/t25?,30-,31+,34+,35-/m0/s1. The number of aromatic hydroxyl groups is 3. The second-order valence-corrected chi connectivity index (χ2v) is 14.2. The molecule has 0 spiro atoms. The smallest absolute Gasteiger partial charge is 0.315 e. The molecule has 2 aliphatic rings. The van der Waals surface area contributed by atoms with E-state index in [4.69, 9.17) is 9.97 Å². The first kappa shape index (κ1) is 38.1. The van der Waals surface area contributed by atoms with Gasteiger partial charge >= 0.3 is 6.03 Å². The normalized spacial score (nSPS) is 20.7. The molecule has 17 heteroatoms. The molecule has 294 valence electrons. The molecule has 56 heavy (non-hydrogen) atoms. The van der Waals surface area contributed by atoms with Gasteiger partial charge in [0.25, 0.3) is 0 Å². The Morgan fingerprint density at radius 1 is 0.875 bits per heavy atom. The third kappa shape index (κ3) is 8.54. The zero-order valence-corrected chi connectivity index (χ0v) is 30.4. The van der Waals surface area contributed by atoms with Gasteiger partial charge in [0.1, 0.15) is 29.5 Å². The molecule has 0 radical (unpaired) electrons. The number of fused-ring (bicyclic) bond motifs is 1. The predicted octanol–water partition coefficient (Wildman–Crippen LogP) is 1.80. The van der Waals surface area contributed by atoms with Crippen LogP contribution in [0.2, 0.25) is 0 Å². The van der Waals surface area contributed by atoms with Crippen LogP contribution in [0.5, 0.6) is 17.2 Å². The van der Waals surface area contributed by atoms with E-state index in [0.29, 0.717) is 49.0 Å². The Labute approximate surface area is 321 Å². The summed E-state index contributed by atoms with van der Waals surface area (Å²) >= 11 is 0. The number of nitrogens with one attached hydrogen (secondary N) is 4. The lowest BCUT2D eigenvalue weighted by atomic mass is 9.91. The largest absolute Gasteiger partial charge is 0.508 e. The Morgan fingerprint density at radius 3 is 2.27 bits per heavy atom. The number of carbonyl (C=O) groups excluding carboxylic acids is 2. The average molecular weight is 768 g/mol. The Hall–Kier alpha value is -6.17. The van der Waals surface area contributed by atoms with Crippen LogP contribution in [0.1, 0.15) is 47.9 Å². The minimum absolute atomic E-state index is 0.114. The molecule has 3 heterocycles. The van der Waals surface area contributed by atoms with Gasteiger partial charge in [0.2, 0.25) is 11.9 Å². The Bertz CT molecular complexity index is 2100. The third-order valence-electron chi connectivity index (χ3n) is 10.3. The quantitative estimate of drug-likeness (QED) is 0.0822. The van der Waals surface area contributed by atoms with Crippen LogP contribution in [0.4, 0.5) is 16.6 Å². The van der Waals surface area contributed by atoms with Gasteiger partial charge in [-0.1, -0.05) is 36.4 Å². The predicted molar refractivity (Wildman–Crippen MR) is 205 cm³/mol. The van der Waals surface area contributed by atoms with E-state index in [-0.39, 0.29) is 61.2 Å². The fourth-order valence-electron chi connectivity index (χ4n) is 7.41. The van der Waals surface area contributed by atoms with E-state index < -0.39 is 30.2 Å². The van der Waals surface area contributed by atoms with E-state index in [0.717, 1.165) is 16.7 Å². The van der Waals surface area contributed by atoms with Crippen molar-refractivity contribution in [3.8, 4) is 17.2 Å². The SMILES string of the molecule is O=C(CCO)N[C@H]1C[C@@H](n2cnc3c(NCC(c4ccc(O)cc4)c4ccc(O)cc4)nc(N4CCC(NC(=O)NCc5cccc(O)c5)C4)nc32)[C@H](O)[C@@H]1O. The molecule has 1 aliphatic carbocycles. The summed E-state index contributed by atoms with van der Waals surface area (Å²) in [6.45, 7) is 1.12. The molecule has 2 aromatic heterocycles. The van der Waals surface area contributed by atoms with Crippen molar-refractivity contribution in [3.63, 3.8) is 0 Å². The van der Waals surface area contributed by atoms with Gasteiger partial charge in [0.05, 0.1) is 25.0 Å². The molecule has 0 bridgehead atoms. The second-order valence-electron chi connectivity index (χ2n) is 14.2. The summed E-state index contributed by atoms with van der Waals surface area (Å²) in [5.74, 6) is 0.410. The van der Waals surface area contributed by atoms with Gasteiger partial charge in [-0.2, -0.15) is 9.97 Å². The van der Waals surface area contributed by atoms with Crippen molar-refractivity contribution < 1.29 is 40.2 Å². The van der Waals surface area contributed by atoms with E-state index in [1.165, 1.54) is 6.33 Å². The summed E-state index contributed by atoms with van der Waals surface area (Å²) in [7, 11) is 0. The molecule has 3 amide bonds. The molecule has 1 saturated heterocycles. The summed E-state index contributed by atoms with van der Waals surface area (Å²) in [5.41, 5.74) is 3.32. The van der Waals surface area contributed by atoms with Crippen LogP contribution < -0.4 is 26.2 Å². The van der Waals surface area contributed by atoms with Crippen molar-refractivity contribution in [2.24, 2.45) is 0 Å². The lowest BCUT2D eigenvalue weighted by Gasteiger charge is -2.22. The van der Waals surface area contributed by atoms with Crippen LogP contribution in [0, 0.1) is 0 Å². The highest BCUT2D eigenvalue weighted by Gasteiger charge is 2.44. The number of hydrogen-bond acceptors (Lipinski definition) is 13. The zero-order chi connectivity index (χ0) is 39.3. The molecule has 10 N–H and O–H groups in total. The number of benzene rings is 3. The molecule has 1 aliphatic heterocycles. The number of aromatic nitrogens is 4. The van der Waals surface area contributed by atoms with Gasteiger partial charge in [-0.15, -0.1) is 0 Å². The number of anilines is 2. The Balaban J connectivity index is 1.16. The van der Waals surface area contributed by atoms with Gasteiger partial charge < -0.3 is 61.4 Å². The monoisotopic (exact) mass is 767 g/mol. The van der Waals surface area contributed by atoms with Crippen LogP contribution >= 0.6 is 0 Å². The topological polar surface area (TPSA) is 250 Å². The van der Waals surface area contributed by atoms with E-state index in [1.54, 1.807) is 53.1 Å². The van der Waals surface area contributed by atoms with Crippen LogP contribution in [0.15, 0.2) is 79.1 Å². The number of aliphatic hydroxyl groups excluding tert-OH is 3. The molecule has 2 fully saturated rings. The maximum atomic E-state index is 12.8. The molecule has 5 aromatic rings. The number of amides is 3. The molecule has 3 aromatic carbocycles. The minimum Gasteiger partial charge on any atom is -0.508 e. The number of carbonyl (C=O) groups is 2. The molecule has 1 unspecified atom stereocenters. The summed E-state index contributed by atoms with van der Waals surface area (Å²) < 4.78 is 1.68. The van der Waals surface area contributed by atoms with E-state index in [2.05, 4.69) is 26.3 Å². The molecule has 17 nitrogen and oxygen atoms in total. The lowest BCUT2D eigenvalue weighted by Crippen LogP contribution is -2.43. The van der Waals surface area contributed by atoms with Crippen molar-refractivity contribution in [1.29, 1.82) is 0 Å². The number of urea groups is 1. The van der Waals surface area contributed by atoms with Crippen molar-refractivity contribution >= 4 is 34.9 Å². The number of phenols is 3. The van der Waals surface area contributed by atoms with E-state index in [9.17, 15) is 40.2 Å². The maximum absolute atomic E-state index is 12.8. The van der Waals surface area contributed by atoms with E-state index >= 15 is 0 Å². The number of aliphatic hydroxyl groups is 3. The van der Waals surface area contributed by atoms with Crippen LogP contribution in [0.25, 0.3) is 11.2 Å². The number of rotatable bonds is 13. The van der Waals surface area contributed by atoms with E-state index in [1.807, 2.05) is 29.2 Å². The minimum atomic E-state index is -1.28. The highest BCUT2D eigenvalue weighted by atomic mass is 16.3. The van der Waals surface area contributed by atoms with Crippen molar-refractivity contribution in [2.45, 2.75) is 62.1 Å². The van der Waals surface area contributed by atoms with Gasteiger partial charge in [0.15, 0.2) is 17.0 Å². The van der Waals surface area contributed by atoms with Gasteiger partial charge in [-0.25, -0.2) is 9.78 Å². The average Bonchev–Trinajstić information content (AvgIpc) is 3.90. The zero-order valence-electron chi connectivity index (χ0n) is 30.4. The first-order valence-corrected chi connectivity index (χ1v) is 18.5. The number of phenolic OH excluding ortho intramolecular Hbond substituents is 3. The highest BCUT2D eigenvalue weighted by molar-refractivity contribution is 5.85. The summed E-state index contributed by atoms with van der Waals surface area (Å²) in [4.78, 5) is 41.5. The Morgan fingerprint density at radius 2 is 1.59 bits per heavy atom. The summed E-state index contributed by atoms with van der Waals surface area (Å²) in [5, 5.41) is 73.0.